The van der Waals surface area contributed by atoms with Gasteiger partial charge in [0.2, 0.25) is 5.91 Å². The van der Waals surface area contributed by atoms with E-state index in [0.29, 0.717) is 18.4 Å². The summed E-state index contributed by atoms with van der Waals surface area (Å²) >= 11 is 0. The summed E-state index contributed by atoms with van der Waals surface area (Å²) in [4.78, 5) is 17.9. The van der Waals surface area contributed by atoms with Crippen molar-refractivity contribution in [1.29, 1.82) is 0 Å². The Labute approximate surface area is 119 Å². The summed E-state index contributed by atoms with van der Waals surface area (Å²) in [5.41, 5.74) is 1.29. The van der Waals surface area contributed by atoms with Crippen molar-refractivity contribution in [3.05, 3.63) is 30.1 Å². The van der Waals surface area contributed by atoms with Gasteiger partial charge in [-0.05, 0) is 24.1 Å². The summed E-state index contributed by atoms with van der Waals surface area (Å²) in [5.74, 6) is 0.648. The molecule has 1 aromatic heterocycles. The predicted molar refractivity (Wildman–Crippen MR) is 75.0 cm³/mol. The molecule has 2 aliphatic rings. The van der Waals surface area contributed by atoms with Gasteiger partial charge in [-0.25, -0.2) is 0 Å². The molecule has 2 saturated heterocycles. The first-order chi connectivity index (χ1) is 9.74. The molecule has 2 fully saturated rings. The van der Waals surface area contributed by atoms with Crippen molar-refractivity contribution in [2.24, 2.45) is 5.92 Å². The molecular formula is C15H21N3O2. The minimum Gasteiger partial charge on any atom is -0.373 e. The van der Waals surface area contributed by atoms with Crippen LogP contribution < -0.4 is 5.32 Å². The fourth-order valence-corrected chi connectivity index (χ4v) is 3.26. The van der Waals surface area contributed by atoms with E-state index >= 15 is 0 Å². The molecule has 0 unspecified atom stereocenters. The minimum atomic E-state index is 0.0728. The molecular weight excluding hydrogens is 254 g/mol. The molecule has 3 heterocycles. The second kappa shape index (κ2) is 5.89. The van der Waals surface area contributed by atoms with Gasteiger partial charge in [-0.2, -0.15) is 0 Å². The Hall–Kier alpha value is -1.46. The Balaban J connectivity index is 1.50. The van der Waals surface area contributed by atoms with Gasteiger partial charge in [0.15, 0.2) is 0 Å². The van der Waals surface area contributed by atoms with Crippen molar-refractivity contribution in [1.82, 2.24) is 15.2 Å². The van der Waals surface area contributed by atoms with Crippen LogP contribution in [0.3, 0.4) is 0 Å². The normalized spacial score (nSPS) is 29.4. The number of hydrogen-bond acceptors (Lipinski definition) is 4. The van der Waals surface area contributed by atoms with Gasteiger partial charge in [0.05, 0.1) is 18.6 Å². The first kappa shape index (κ1) is 13.5. The molecule has 5 nitrogen and oxygen atoms in total. The molecule has 108 valence electrons. The molecule has 5 heteroatoms. The van der Waals surface area contributed by atoms with Crippen LogP contribution in [0.15, 0.2) is 24.5 Å². The lowest BCUT2D eigenvalue weighted by Gasteiger charge is -2.18. The molecule has 20 heavy (non-hydrogen) atoms. The number of amides is 1. The maximum Gasteiger partial charge on any atom is 0.222 e. The maximum absolute atomic E-state index is 11.4. The molecule has 3 atom stereocenters. The number of carbonyl (C=O) groups is 1. The number of ether oxygens (including phenoxy) is 1. The Morgan fingerprint density at radius 2 is 2.25 bits per heavy atom. The van der Waals surface area contributed by atoms with Gasteiger partial charge in [-0.1, -0.05) is 0 Å². The highest BCUT2D eigenvalue weighted by atomic mass is 16.5. The largest absolute Gasteiger partial charge is 0.373 e. The minimum absolute atomic E-state index is 0.0728. The smallest absolute Gasteiger partial charge is 0.222 e. The summed E-state index contributed by atoms with van der Waals surface area (Å²) in [6.07, 6.45) is 5.57. The van der Waals surface area contributed by atoms with E-state index in [-0.39, 0.29) is 12.0 Å². The maximum atomic E-state index is 11.4. The molecule has 0 saturated carbocycles. The summed E-state index contributed by atoms with van der Waals surface area (Å²) in [7, 11) is 1.68. The number of aromatic nitrogens is 1. The zero-order chi connectivity index (χ0) is 13.9. The van der Waals surface area contributed by atoms with Crippen LogP contribution in [-0.2, 0) is 16.1 Å². The highest BCUT2D eigenvalue weighted by molar-refractivity contribution is 5.76. The lowest BCUT2D eigenvalue weighted by Crippen LogP contribution is -2.28. The Morgan fingerprint density at radius 1 is 1.45 bits per heavy atom. The van der Waals surface area contributed by atoms with Crippen LogP contribution in [0.1, 0.15) is 18.4 Å². The average molecular weight is 275 g/mol. The van der Waals surface area contributed by atoms with E-state index in [2.05, 4.69) is 27.3 Å². The fourth-order valence-electron chi connectivity index (χ4n) is 3.26. The number of pyridine rings is 1. The van der Waals surface area contributed by atoms with Crippen LogP contribution in [0.25, 0.3) is 0 Å². The van der Waals surface area contributed by atoms with Gasteiger partial charge in [-0.15, -0.1) is 0 Å². The number of rotatable bonds is 4. The van der Waals surface area contributed by atoms with Crippen LogP contribution in [0.4, 0.5) is 0 Å². The van der Waals surface area contributed by atoms with E-state index in [1.165, 1.54) is 5.56 Å². The third kappa shape index (κ3) is 2.99. The van der Waals surface area contributed by atoms with E-state index in [1.54, 1.807) is 7.05 Å². The second-order valence-electron chi connectivity index (χ2n) is 5.72. The second-order valence-corrected chi connectivity index (χ2v) is 5.72. The van der Waals surface area contributed by atoms with Gasteiger partial charge < -0.3 is 10.1 Å². The molecule has 0 aromatic carbocycles. The summed E-state index contributed by atoms with van der Waals surface area (Å²) < 4.78 is 6.01. The number of fused-ring (bicyclic) bond motifs is 1. The van der Waals surface area contributed by atoms with Crippen LogP contribution in [0.2, 0.25) is 0 Å². The van der Waals surface area contributed by atoms with Crippen LogP contribution >= 0.6 is 0 Å². The number of likely N-dealkylation sites (tertiary alicyclic amines) is 1. The number of carbonyl (C=O) groups excluding carboxylic acids is 1. The van der Waals surface area contributed by atoms with Crippen molar-refractivity contribution in [2.45, 2.75) is 31.6 Å². The molecule has 0 radical (unpaired) electrons. The molecule has 2 aliphatic heterocycles. The van der Waals surface area contributed by atoms with E-state index < -0.39 is 0 Å². The summed E-state index contributed by atoms with van der Waals surface area (Å²) in [5, 5.41) is 2.66. The lowest BCUT2D eigenvalue weighted by molar-refractivity contribution is -0.123. The standard InChI is InChI=1S/C15H21N3O2/c1-16-15(19)7-13-6-12-9-18(10-14(12)20-13)8-11-2-4-17-5-3-11/h2-5,12-14H,6-10H2,1H3,(H,16,19)/t12-,13+,14-/m1/s1. The van der Waals surface area contributed by atoms with Gasteiger partial charge in [0.1, 0.15) is 0 Å². The fraction of sp³-hybridized carbons (Fsp3) is 0.600. The quantitative estimate of drug-likeness (QED) is 0.883. The van der Waals surface area contributed by atoms with E-state index in [0.717, 1.165) is 26.1 Å². The van der Waals surface area contributed by atoms with Crippen molar-refractivity contribution in [3.8, 4) is 0 Å². The Morgan fingerprint density at radius 3 is 2.95 bits per heavy atom. The van der Waals surface area contributed by atoms with Crippen LogP contribution in [0, 0.1) is 5.92 Å². The number of nitrogens with zero attached hydrogens (tertiary/aromatic N) is 2. The van der Waals surface area contributed by atoms with Crippen LogP contribution in [-0.4, -0.2) is 48.1 Å². The van der Waals surface area contributed by atoms with Gasteiger partial charge in [0, 0.05) is 45.0 Å². The first-order valence-corrected chi connectivity index (χ1v) is 7.22. The first-order valence-electron chi connectivity index (χ1n) is 7.22. The predicted octanol–water partition coefficient (Wildman–Crippen LogP) is 0.807. The number of hydrogen-bond donors (Lipinski definition) is 1. The molecule has 1 amide bonds. The molecule has 0 spiro atoms. The van der Waals surface area contributed by atoms with Gasteiger partial charge >= 0.3 is 0 Å². The summed E-state index contributed by atoms with van der Waals surface area (Å²) in [6.45, 7) is 2.99. The van der Waals surface area contributed by atoms with Crippen molar-refractivity contribution in [2.75, 3.05) is 20.1 Å². The van der Waals surface area contributed by atoms with Crippen molar-refractivity contribution < 1.29 is 9.53 Å². The third-order valence-corrected chi connectivity index (χ3v) is 4.24. The molecule has 3 rings (SSSR count). The average Bonchev–Trinajstić information content (AvgIpc) is 2.97. The third-order valence-electron chi connectivity index (χ3n) is 4.24. The van der Waals surface area contributed by atoms with Crippen molar-refractivity contribution in [3.63, 3.8) is 0 Å². The number of nitrogens with one attached hydrogen (secondary N) is 1. The Kier molecular flexibility index (Phi) is 3.98. The lowest BCUT2D eigenvalue weighted by atomic mass is 10.0. The van der Waals surface area contributed by atoms with E-state index in [1.807, 2.05) is 12.4 Å². The van der Waals surface area contributed by atoms with E-state index in [4.69, 9.17) is 4.74 Å². The van der Waals surface area contributed by atoms with Crippen molar-refractivity contribution >= 4 is 5.91 Å². The topological polar surface area (TPSA) is 54.5 Å². The van der Waals surface area contributed by atoms with Crippen LogP contribution in [0.5, 0.6) is 0 Å². The van der Waals surface area contributed by atoms with E-state index in [9.17, 15) is 4.79 Å². The highest BCUT2D eigenvalue weighted by Crippen LogP contribution is 2.34. The highest BCUT2D eigenvalue weighted by Gasteiger charge is 2.42. The van der Waals surface area contributed by atoms with Gasteiger partial charge in [-0.3, -0.25) is 14.7 Å². The molecule has 0 aliphatic carbocycles. The molecule has 1 aromatic rings. The zero-order valence-electron chi connectivity index (χ0n) is 11.8. The van der Waals surface area contributed by atoms with Gasteiger partial charge in [0.25, 0.3) is 0 Å². The monoisotopic (exact) mass is 275 g/mol. The molecule has 1 N–H and O–H groups in total. The Bertz CT molecular complexity index is 451. The summed E-state index contributed by atoms with van der Waals surface area (Å²) in [6, 6.07) is 4.12. The molecule has 0 bridgehead atoms. The zero-order valence-corrected chi connectivity index (χ0v) is 11.8. The SMILES string of the molecule is CNC(=O)C[C@@H]1C[C@@H]2CN(Cc3ccncc3)C[C@H]2O1.